The van der Waals surface area contributed by atoms with Crippen molar-refractivity contribution in [1.82, 2.24) is 9.97 Å². The van der Waals surface area contributed by atoms with E-state index in [4.69, 9.17) is 16.3 Å². The molecular weight excluding hydrogens is 432 g/mol. The number of ether oxygens (including phenoxy) is 1. The minimum Gasteiger partial charge on any atom is -0.492 e. The fourth-order valence-electron chi connectivity index (χ4n) is 2.74. The minimum atomic E-state index is -1.06. The van der Waals surface area contributed by atoms with Crippen LogP contribution in [0.1, 0.15) is 22.2 Å². The first-order valence-electron chi connectivity index (χ1n) is 8.88. The predicted octanol–water partition coefficient (Wildman–Crippen LogP) is 4.52. The number of rotatable bonds is 9. The van der Waals surface area contributed by atoms with Crippen LogP contribution in [-0.4, -0.2) is 39.1 Å². The Hall–Kier alpha value is -3.24. The quantitative estimate of drug-likeness (QED) is 0.361. The molecule has 0 atom stereocenters. The zero-order valence-electron chi connectivity index (χ0n) is 15.8. The van der Waals surface area contributed by atoms with Crippen molar-refractivity contribution in [3.8, 4) is 16.3 Å². The van der Waals surface area contributed by atoms with Gasteiger partial charge in [0.1, 0.15) is 17.9 Å². The van der Waals surface area contributed by atoms with Crippen molar-refractivity contribution in [3.63, 3.8) is 0 Å². The number of nitro benzene ring substituents is 1. The summed E-state index contributed by atoms with van der Waals surface area (Å²) in [4.78, 5) is 31.2. The van der Waals surface area contributed by atoms with Crippen LogP contribution in [0.2, 0.25) is 5.02 Å². The van der Waals surface area contributed by atoms with E-state index in [9.17, 15) is 20.0 Å². The number of aromatic carboxylic acids is 1. The van der Waals surface area contributed by atoms with Crippen LogP contribution >= 0.6 is 22.9 Å². The normalized spacial score (nSPS) is 10.6. The molecule has 3 aromatic rings. The molecule has 0 aliphatic rings. The van der Waals surface area contributed by atoms with Gasteiger partial charge in [0.15, 0.2) is 4.88 Å². The van der Waals surface area contributed by atoms with Crippen LogP contribution in [0.4, 0.5) is 11.5 Å². The number of nitro groups is 1. The number of aromatic nitrogens is 2. The molecule has 0 radical (unpaired) electrons. The molecule has 3 rings (SSSR count). The van der Waals surface area contributed by atoms with Gasteiger partial charge < -0.3 is 15.2 Å². The van der Waals surface area contributed by atoms with Gasteiger partial charge in [0.05, 0.1) is 22.1 Å². The van der Waals surface area contributed by atoms with Gasteiger partial charge in [0.25, 0.3) is 5.69 Å². The van der Waals surface area contributed by atoms with Gasteiger partial charge in [-0.05, 0) is 19.4 Å². The van der Waals surface area contributed by atoms with E-state index >= 15 is 0 Å². The topological polar surface area (TPSA) is 127 Å². The van der Waals surface area contributed by atoms with Gasteiger partial charge in [-0.2, -0.15) is 0 Å². The van der Waals surface area contributed by atoms with E-state index < -0.39 is 10.9 Å². The summed E-state index contributed by atoms with van der Waals surface area (Å²) in [5.74, 6) is -0.250. The zero-order valence-corrected chi connectivity index (χ0v) is 17.4. The lowest BCUT2D eigenvalue weighted by Gasteiger charge is -2.07. The first kappa shape index (κ1) is 21.5. The highest BCUT2D eigenvalue weighted by molar-refractivity contribution is 7.17. The van der Waals surface area contributed by atoms with Gasteiger partial charge in [-0.15, -0.1) is 11.3 Å². The Morgan fingerprint density at radius 1 is 1.33 bits per heavy atom. The smallest absolute Gasteiger partial charge is 0.349 e. The molecule has 30 heavy (non-hydrogen) atoms. The third-order valence-corrected chi connectivity index (χ3v) is 5.42. The van der Waals surface area contributed by atoms with Gasteiger partial charge in [-0.1, -0.05) is 17.7 Å². The molecule has 0 aliphatic heterocycles. The maximum Gasteiger partial charge on any atom is 0.349 e. The van der Waals surface area contributed by atoms with E-state index in [1.54, 1.807) is 31.2 Å². The molecular formula is C19H17ClN4O5S. The SMILES string of the molecule is CCOc1cc(-c2cc(NCCc3ccc(Cl)cc3[N+](=O)[O-])ncn2)sc1C(=O)O. The van der Waals surface area contributed by atoms with Gasteiger partial charge in [0.2, 0.25) is 0 Å². The first-order chi connectivity index (χ1) is 14.4. The molecule has 2 N–H and O–H groups in total. The third kappa shape index (κ3) is 5.02. The molecule has 2 aromatic heterocycles. The summed E-state index contributed by atoms with van der Waals surface area (Å²) in [6, 6.07) is 7.89. The lowest BCUT2D eigenvalue weighted by molar-refractivity contribution is -0.385. The number of thiophene rings is 1. The Morgan fingerprint density at radius 3 is 2.83 bits per heavy atom. The summed E-state index contributed by atoms with van der Waals surface area (Å²) in [6.07, 6.45) is 1.76. The Bertz CT molecular complexity index is 1090. The van der Waals surface area contributed by atoms with Gasteiger partial charge in [-0.25, -0.2) is 14.8 Å². The van der Waals surface area contributed by atoms with E-state index in [1.807, 2.05) is 0 Å². The van der Waals surface area contributed by atoms with Crippen molar-refractivity contribution in [2.75, 3.05) is 18.5 Å². The molecule has 0 saturated heterocycles. The van der Waals surface area contributed by atoms with E-state index in [2.05, 4.69) is 15.3 Å². The van der Waals surface area contributed by atoms with Crippen molar-refractivity contribution in [3.05, 3.63) is 62.2 Å². The highest BCUT2D eigenvalue weighted by Gasteiger charge is 2.18. The summed E-state index contributed by atoms with van der Waals surface area (Å²) in [5, 5.41) is 23.9. The average molecular weight is 449 g/mol. The molecule has 0 fully saturated rings. The molecule has 1 aromatic carbocycles. The van der Waals surface area contributed by atoms with Crippen molar-refractivity contribution in [2.24, 2.45) is 0 Å². The molecule has 0 spiro atoms. The molecule has 2 heterocycles. The molecule has 9 nitrogen and oxygen atoms in total. The van der Waals surface area contributed by atoms with Crippen LogP contribution in [0, 0.1) is 10.1 Å². The number of anilines is 1. The Kier molecular flexibility index (Phi) is 6.80. The van der Waals surface area contributed by atoms with Crippen LogP contribution < -0.4 is 10.1 Å². The number of benzene rings is 1. The predicted molar refractivity (Wildman–Crippen MR) is 114 cm³/mol. The number of nitrogens with zero attached hydrogens (tertiary/aromatic N) is 3. The Balaban J connectivity index is 1.73. The van der Waals surface area contributed by atoms with E-state index in [1.165, 1.54) is 12.4 Å². The molecule has 11 heteroatoms. The lowest BCUT2D eigenvalue weighted by atomic mass is 10.1. The van der Waals surface area contributed by atoms with Crippen molar-refractivity contribution >= 4 is 40.4 Å². The van der Waals surface area contributed by atoms with Gasteiger partial charge in [-0.3, -0.25) is 10.1 Å². The van der Waals surface area contributed by atoms with E-state index in [0.29, 0.717) is 52.3 Å². The van der Waals surface area contributed by atoms with Crippen LogP contribution in [0.15, 0.2) is 36.7 Å². The second-order valence-electron chi connectivity index (χ2n) is 6.04. The number of carboxylic acids is 1. The molecule has 0 bridgehead atoms. The largest absolute Gasteiger partial charge is 0.492 e. The fourth-order valence-corrected chi connectivity index (χ4v) is 3.82. The highest BCUT2D eigenvalue weighted by atomic mass is 35.5. The summed E-state index contributed by atoms with van der Waals surface area (Å²) < 4.78 is 5.39. The van der Waals surface area contributed by atoms with Crippen molar-refractivity contribution in [2.45, 2.75) is 13.3 Å². The lowest BCUT2D eigenvalue weighted by Crippen LogP contribution is -2.08. The zero-order chi connectivity index (χ0) is 21.7. The van der Waals surface area contributed by atoms with E-state index in [-0.39, 0.29) is 10.6 Å². The van der Waals surface area contributed by atoms with E-state index in [0.717, 1.165) is 11.3 Å². The molecule has 0 unspecified atom stereocenters. The summed E-state index contributed by atoms with van der Waals surface area (Å²) in [7, 11) is 0. The number of halogens is 1. The highest BCUT2D eigenvalue weighted by Crippen LogP contribution is 2.36. The molecule has 0 saturated carbocycles. The van der Waals surface area contributed by atoms with Gasteiger partial charge in [0, 0.05) is 35.3 Å². The third-order valence-electron chi connectivity index (χ3n) is 4.06. The van der Waals surface area contributed by atoms with Crippen LogP contribution in [0.3, 0.4) is 0 Å². The summed E-state index contributed by atoms with van der Waals surface area (Å²) in [5.41, 5.74) is 1.07. The van der Waals surface area contributed by atoms with Crippen molar-refractivity contribution in [1.29, 1.82) is 0 Å². The number of carboxylic acid groups (broad SMARTS) is 1. The average Bonchev–Trinajstić information content (AvgIpc) is 3.14. The number of nitrogens with one attached hydrogen (secondary N) is 1. The maximum atomic E-state index is 11.4. The van der Waals surface area contributed by atoms with Gasteiger partial charge >= 0.3 is 5.97 Å². The fraction of sp³-hybridized carbons (Fsp3) is 0.211. The van der Waals surface area contributed by atoms with Crippen LogP contribution in [-0.2, 0) is 6.42 Å². The molecule has 0 aliphatic carbocycles. The Morgan fingerprint density at radius 2 is 2.13 bits per heavy atom. The first-order valence-corrected chi connectivity index (χ1v) is 10.1. The number of hydrogen-bond acceptors (Lipinski definition) is 8. The molecule has 0 amide bonds. The second-order valence-corrected chi connectivity index (χ2v) is 7.53. The molecule has 156 valence electrons. The second kappa shape index (κ2) is 9.51. The number of carbonyl (C=O) groups is 1. The number of hydrogen-bond donors (Lipinski definition) is 2. The maximum absolute atomic E-state index is 11.4. The van der Waals surface area contributed by atoms with Crippen LogP contribution in [0.5, 0.6) is 5.75 Å². The standard InChI is InChI=1S/C19H17ClN4O5S/c1-2-29-15-9-16(30-18(15)19(25)26)13-8-17(23-10-22-13)21-6-5-11-3-4-12(20)7-14(11)24(27)28/h3-4,7-10H,2,5-6H2,1H3,(H,25,26)(H,21,22,23). The van der Waals surface area contributed by atoms with Crippen molar-refractivity contribution < 1.29 is 19.6 Å². The summed E-state index contributed by atoms with van der Waals surface area (Å²) >= 11 is 6.90. The summed E-state index contributed by atoms with van der Waals surface area (Å²) in [6.45, 7) is 2.53. The minimum absolute atomic E-state index is 0.0316. The Labute approximate surface area is 180 Å². The van der Waals surface area contributed by atoms with Crippen LogP contribution in [0.25, 0.3) is 10.6 Å². The monoisotopic (exact) mass is 448 g/mol.